The molecule has 0 spiro atoms. The minimum absolute atomic E-state index is 0.0346. The lowest BCUT2D eigenvalue weighted by Gasteiger charge is -2.35. The van der Waals surface area contributed by atoms with Crippen LogP contribution >= 0.6 is 0 Å². The normalized spacial score (nSPS) is 16.7. The Bertz CT molecular complexity index is 1080. The first-order valence-electron chi connectivity index (χ1n) is 11.7. The average Bonchev–Trinajstić information content (AvgIpc) is 3.13. The second-order valence-electron chi connectivity index (χ2n) is 9.49. The lowest BCUT2D eigenvalue weighted by molar-refractivity contribution is 0.0600. The number of nitrogens with zero attached hydrogens (tertiary/aromatic N) is 4. The van der Waals surface area contributed by atoms with Crippen molar-refractivity contribution in [2.75, 3.05) is 13.2 Å². The van der Waals surface area contributed by atoms with Crippen LogP contribution in [0.1, 0.15) is 66.1 Å². The van der Waals surface area contributed by atoms with Crippen molar-refractivity contribution >= 4 is 11.6 Å². The van der Waals surface area contributed by atoms with Gasteiger partial charge in [0.25, 0.3) is 5.91 Å². The van der Waals surface area contributed by atoms with Crippen molar-refractivity contribution in [1.29, 1.82) is 0 Å². The van der Waals surface area contributed by atoms with Gasteiger partial charge in [0.1, 0.15) is 5.65 Å². The molecular weight excluding hydrogens is 400 g/mol. The van der Waals surface area contributed by atoms with Crippen LogP contribution < -0.4 is 4.74 Å². The summed E-state index contributed by atoms with van der Waals surface area (Å²) in [6, 6.07) is 6.02. The number of piperidine rings is 1. The molecule has 0 N–H and O–H groups in total. The van der Waals surface area contributed by atoms with Gasteiger partial charge in [-0.25, -0.2) is 9.97 Å². The van der Waals surface area contributed by atoms with Crippen LogP contribution in [-0.2, 0) is 6.42 Å². The second kappa shape index (κ2) is 9.31. The number of imidazole rings is 1. The number of amides is 1. The van der Waals surface area contributed by atoms with E-state index in [0.29, 0.717) is 24.0 Å². The summed E-state index contributed by atoms with van der Waals surface area (Å²) in [6.07, 6.45) is 8.09. The molecule has 3 aromatic heterocycles. The standard InChI is InChI=1S/C26H34N4O2/c1-17(2)16-32-23-10-9-20(5)27-25(23)26(31)30-11-7-6-8-22(30)13-21-15-29-14-19(4)18(3)12-24(29)28-21/h9-10,12,14-15,17,22H,6-8,11,13,16H2,1-5H3/t22-/m0/s1. The molecule has 1 aliphatic rings. The van der Waals surface area contributed by atoms with Gasteiger partial charge in [-0.05, 0) is 75.3 Å². The number of hydrogen-bond donors (Lipinski definition) is 0. The Balaban J connectivity index is 1.59. The molecule has 6 heteroatoms. The largest absolute Gasteiger partial charge is 0.491 e. The molecule has 0 aliphatic carbocycles. The first-order valence-corrected chi connectivity index (χ1v) is 11.7. The van der Waals surface area contributed by atoms with E-state index in [-0.39, 0.29) is 11.9 Å². The molecule has 4 heterocycles. The van der Waals surface area contributed by atoms with Crippen molar-refractivity contribution in [1.82, 2.24) is 19.3 Å². The highest BCUT2D eigenvalue weighted by atomic mass is 16.5. The smallest absolute Gasteiger partial charge is 0.276 e. The molecular formula is C26H34N4O2. The van der Waals surface area contributed by atoms with E-state index < -0.39 is 0 Å². The summed E-state index contributed by atoms with van der Waals surface area (Å²) >= 11 is 0. The zero-order chi connectivity index (χ0) is 22.8. The summed E-state index contributed by atoms with van der Waals surface area (Å²) in [5.74, 6) is 0.925. The van der Waals surface area contributed by atoms with E-state index in [9.17, 15) is 4.79 Å². The molecule has 1 atom stereocenters. The third kappa shape index (κ3) is 4.79. The summed E-state index contributed by atoms with van der Waals surface area (Å²) in [5, 5.41) is 0. The average molecular weight is 435 g/mol. The molecule has 32 heavy (non-hydrogen) atoms. The van der Waals surface area contributed by atoms with Gasteiger partial charge in [-0.15, -0.1) is 0 Å². The monoisotopic (exact) mass is 434 g/mol. The molecule has 1 saturated heterocycles. The Hall–Kier alpha value is -2.89. The van der Waals surface area contributed by atoms with Crippen LogP contribution in [0.4, 0.5) is 0 Å². The van der Waals surface area contributed by atoms with Crippen LogP contribution in [0.2, 0.25) is 0 Å². The van der Waals surface area contributed by atoms with E-state index in [1.54, 1.807) is 0 Å². The molecule has 0 saturated carbocycles. The van der Waals surface area contributed by atoms with Crippen LogP contribution in [0.15, 0.2) is 30.6 Å². The molecule has 0 aromatic carbocycles. The number of rotatable bonds is 6. The molecule has 0 radical (unpaired) electrons. The first-order chi connectivity index (χ1) is 15.3. The predicted octanol–water partition coefficient (Wildman–Crippen LogP) is 4.93. The van der Waals surface area contributed by atoms with E-state index in [0.717, 1.165) is 49.3 Å². The van der Waals surface area contributed by atoms with Gasteiger partial charge < -0.3 is 14.0 Å². The van der Waals surface area contributed by atoms with E-state index in [1.165, 1.54) is 11.1 Å². The molecule has 170 valence electrons. The van der Waals surface area contributed by atoms with Crippen molar-refractivity contribution in [3.63, 3.8) is 0 Å². The highest BCUT2D eigenvalue weighted by Gasteiger charge is 2.31. The van der Waals surface area contributed by atoms with Crippen LogP contribution in [-0.4, -0.2) is 44.4 Å². The molecule has 6 nitrogen and oxygen atoms in total. The number of aryl methyl sites for hydroxylation is 3. The van der Waals surface area contributed by atoms with Gasteiger partial charge in [-0.3, -0.25) is 4.79 Å². The molecule has 1 amide bonds. The molecule has 3 aromatic rings. The van der Waals surface area contributed by atoms with Gasteiger partial charge >= 0.3 is 0 Å². The van der Waals surface area contributed by atoms with Crippen LogP contribution in [0.25, 0.3) is 5.65 Å². The minimum atomic E-state index is -0.0346. The molecule has 0 bridgehead atoms. The molecule has 1 fully saturated rings. The quantitative estimate of drug-likeness (QED) is 0.552. The van der Waals surface area contributed by atoms with Crippen molar-refractivity contribution in [3.8, 4) is 5.75 Å². The van der Waals surface area contributed by atoms with E-state index >= 15 is 0 Å². The Morgan fingerprint density at radius 2 is 1.94 bits per heavy atom. The number of likely N-dealkylation sites (tertiary alicyclic amines) is 1. The first kappa shape index (κ1) is 22.3. The summed E-state index contributed by atoms with van der Waals surface area (Å²) < 4.78 is 8.05. The van der Waals surface area contributed by atoms with Gasteiger partial charge in [0.05, 0.1) is 12.3 Å². The van der Waals surface area contributed by atoms with E-state index in [1.807, 2.05) is 24.0 Å². The fraction of sp³-hybridized carbons (Fsp3) is 0.500. The summed E-state index contributed by atoms with van der Waals surface area (Å²) in [5.41, 5.74) is 5.72. The van der Waals surface area contributed by atoms with Gasteiger partial charge in [-0.1, -0.05) is 13.8 Å². The maximum absolute atomic E-state index is 13.6. The summed E-state index contributed by atoms with van der Waals surface area (Å²) in [6.45, 7) is 11.6. The predicted molar refractivity (Wildman–Crippen MR) is 126 cm³/mol. The number of fused-ring (bicyclic) bond motifs is 1. The number of carbonyl (C=O) groups is 1. The van der Waals surface area contributed by atoms with Crippen molar-refractivity contribution in [3.05, 3.63) is 58.8 Å². The fourth-order valence-corrected chi connectivity index (χ4v) is 4.31. The Labute approximate surface area is 190 Å². The fourth-order valence-electron chi connectivity index (χ4n) is 4.31. The maximum Gasteiger partial charge on any atom is 0.276 e. The van der Waals surface area contributed by atoms with Crippen LogP contribution in [0, 0.1) is 26.7 Å². The number of carbonyl (C=O) groups excluding carboxylic acids is 1. The van der Waals surface area contributed by atoms with E-state index in [2.05, 4.69) is 55.5 Å². The van der Waals surface area contributed by atoms with Crippen LogP contribution in [0.3, 0.4) is 0 Å². The summed E-state index contributed by atoms with van der Waals surface area (Å²) in [4.78, 5) is 25.1. The third-order valence-corrected chi connectivity index (χ3v) is 6.22. The molecule has 0 unspecified atom stereocenters. The second-order valence-corrected chi connectivity index (χ2v) is 9.49. The molecule has 1 aliphatic heterocycles. The minimum Gasteiger partial charge on any atom is -0.491 e. The highest BCUT2D eigenvalue weighted by molar-refractivity contribution is 5.95. The van der Waals surface area contributed by atoms with Crippen molar-refractivity contribution in [2.24, 2.45) is 5.92 Å². The number of hydrogen-bond acceptors (Lipinski definition) is 4. The van der Waals surface area contributed by atoms with Crippen molar-refractivity contribution in [2.45, 2.75) is 66.3 Å². The SMILES string of the molecule is Cc1ccc(OCC(C)C)c(C(=O)N2CCCC[C@H]2Cc2cn3cc(C)c(C)cc3n2)n1. The van der Waals surface area contributed by atoms with Gasteiger partial charge in [-0.2, -0.15) is 0 Å². The number of pyridine rings is 2. The van der Waals surface area contributed by atoms with Gasteiger partial charge in [0, 0.05) is 37.1 Å². The third-order valence-electron chi connectivity index (χ3n) is 6.22. The Kier molecular flexibility index (Phi) is 6.49. The van der Waals surface area contributed by atoms with Gasteiger partial charge in [0.15, 0.2) is 11.4 Å². The van der Waals surface area contributed by atoms with E-state index in [4.69, 9.17) is 9.72 Å². The maximum atomic E-state index is 13.6. The van der Waals surface area contributed by atoms with Crippen molar-refractivity contribution < 1.29 is 9.53 Å². The topological polar surface area (TPSA) is 59.7 Å². The lowest BCUT2D eigenvalue weighted by Crippen LogP contribution is -2.45. The lowest BCUT2D eigenvalue weighted by atomic mass is 9.97. The number of ether oxygens (including phenoxy) is 1. The number of aromatic nitrogens is 3. The Morgan fingerprint density at radius 1 is 1.12 bits per heavy atom. The zero-order valence-corrected chi connectivity index (χ0v) is 19.9. The van der Waals surface area contributed by atoms with Crippen LogP contribution in [0.5, 0.6) is 5.75 Å². The van der Waals surface area contributed by atoms with Gasteiger partial charge in [0.2, 0.25) is 0 Å². The summed E-state index contributed by atoms with van der Waals surface area (Å²) in [7, 11) is 0. The Morgan fingerprint density at radius 3 is 2.72 bits per heavy atom. The molecule has 4 rings (SSSR count). The highest BCUT2D eigenvalue weighted by Crippen LogP contribution is 2.26. The zero-order valence-electron chi connectivity index (χ0n) is 19.9.